The molecular weight excluding hydrogens is 771 g/mol. The molecule has 0 amide bonds. The molecule has 3 heteroatoms. The highest BCUT2D eigenvalue weighted by molar-refractivity contribution is 6.94. The Hall–Kier alpha value is -6.32. The molecule has 0 fully saturated rings. The van der Waals surface area contributed by atoms with Crippen molar-refractivity contribution in [3.05, 3.63) is 186 Å². The fourth-order valence-corrected chi connectivity index (χ4v) is 12.3. The Kier molecular flexibility index (Phi) is 8.65. The minimum Gasteiger partial charge on any atom is -0.376 e. The molecule has 0 spiro atoms. The maximum absolute atomic E-state index is 2.73. The third kappa shape index (κ3) is 5.58. The third-order valence-electron chi connectivity index (χ3n) is 15.8. The Labute approximate surface area is 380 Å². The van der Waals surface area contributed by atoms with Crippen molar-refractivity contribution in [3.8, 4) is 33.4 Å². The van der Waals surface area contributed by atoms with Crippen LogP contribution in [0.25, 0.3) is 44.2 Å². The Morgan fingerprint density at radius 3 is 1.98 bits per heavy atom. The summed E-state index contributed by atoms with van der Waals surface area (Å²) in [6.07, 6.45) is 5.75. The Morgan fingerprint density at radius 1 is 0.531 bits per heavy atom. The molecule has 314 valence electrons. The van der Waals surface area contributed by atoms with Gasteiger partial charge in [-0.3, -0.25) is 0 Å². The predicted octanol–water partition coefficient (Wildman–Crippen LogP) is 15.2. The first-order valence-electron chi connectivity index (χ1n) is 23.8. The van der Waals surface area contributed by atoms with Crippen LogP contribution in [0.2, 0.25) is 0 Å². The topological polar surface area (TPSA) is 6.48 Å². The number of aryl methyl sites for hydroxylation is 1. The first kappa shape index (κ1) is 39.3. The van der Waals surface area contributed by atoms with E-state index in [4.69, 9.17) is 0 Å². The van der Waals surface area contributed by atoms with E-state index in [9.17, 15) is 0 Å². The molecule has 8 aromatic rings. The largest absolute Gasteiger partial charge is 0.376 e. The maximum atomic E-state index is 2.73. The van der Waals surface area contributed by atoms with Crippen molar-refractivity contribution >= 4 is 57.0 Å². The molecule has 2 aliphatic heterocycles. The Bertz CT molecular complexity index is 3190. The van der Waals surface area contributed by atoms with Crippen molar-refractivity contribution in [2.24, 2.45) is 0 Å². The molecular formula is C61H57BN2. The van der Waals surface area contributed by atoms with Gasteiger partial charge in [0.25, 0.3) is 0 Å². The molecule has 64 heavy (non-hydrogen) atoms. The van der Waals surface area contributed by atoms with Crippen molar-refractivity contribution in [2.75, 3.05) is 9.71 Å². The first-order valence-corrected chi connectivity index (χ1v) is 23.8. The third-order valence-corrected chi connectivity index (χ3v) is 15.8. The standard InChI is InChI=1S/C61H57BN2/c1-8-9-20-39-29-32-52(45(35-39)40-21-12-10-13-22-40)63-54-36-41-23-16-17-26-43(41)55-46-37-49-50(60(4,5)34-33-59(49,2)3)38-53(46)64(42-24-14-11-15-25-42)62(57(54)55)51-31-30-48-56(58(51)63)44-27-18-19-28-47(44)61(48,6)7/h10-19,21-32,35-38H,8-9,20,33-34H2,1-7H3. The molecule has 2 aliphatic carbocycles. The summed E-state index contributed by atoms with van der Waals surface area (Å²) < 4.78 is 0. The van der Waals surface area contributed by atoms with E-state index in [1.54, 1.807) is 0 Å². The van der Waals surface area contributed by atoms with Crippen molar-refractivity contribution in [3.63, 3.8) is 0 Å². The molecule has 0 bridgehead atoms. The lowest BCUT2D eigenvalue weighted by molar-refractivity contribution is 0.332. The van der Waals surface area contributed by atoms with Crippen LogP contribution < -0.4 is 20.6 Å². The van der Waals surface area contributed by atoms with Crippen LogP contribution in [0.1, 0.15) is 102 Å². The number of hydrogen-bond acceptors (Lipinski definition) is 2. The molecule has 12 rings (SSSR count). The van der Waals surface area contributed by atoms with E-state index in [0.29, 0.717) is 0 Å². The van der Waals surface area contributed by atoms with Crippen LogP contribution in [-0.4, -0.2) is 6.85 Å². The second kappa shape index (κ2) is 14.1. The summed E-state index contributed by atoms with van der Waals surface area (Å²) in [6.45, 7) is 16.9. The summed E-state index contributed by atoms with van der Waals surface area (Å²) in [4.78, 5) is 5.45. The van der Waals surface area contributed by atoms with E-state index >= 15 is 0 Å². The van der Waals surface area contributed by atoms with E-state index in [1.807, 2.05) is 0 Å². The van der Waals surface area contributed by atoms with Gasteiger partial charge in [-0.1, -0.05) is 170 Å². The maximum Gasteiger partial charge on any atom is 0.333 e. The minimum absolute atomic E-state index is 0.0565. The minimum atomic E-state index is -0.163. The fourth-order valence-electron chi connectivity index (χ4n) is 12.3. The van der Waals surface area contributed by atoms with Gasteiger partial charge in [-0.2, -0.15) is 0 Å². The quantitative estimate of drug-likeness (QED) is 0.154. The number of fused-ring (bicyclic) bond motifs is 11. The van der Waals surface area contributed by atoms with Crippen LogP contribution in [0.3, 0.4) is 0 Å². The summed E-state index contributed by atoms with van der Waals surface area (Å²) >= 11 is 0. The van der Waals surface area contributed by atoms with Crippen LogP contribution in [-0.2, 0) is 22.7 Å². The first-order chi connectivity index (χ1) is 31.0. The van der Waals surface area contributed by atoms with Gasteiger partial charge in [0.15, 0.2) is 0 Å². The molecule has 2 nitrogen and oxygen atoms in total. The second-order valence-electron chi connectivity index (χ2n) is 20.9. The highest BCUT2D eigenvalue weighted by Gasteiger charge is 2.50. The van der Waals surface area contributed by atoms with Crippen LogP contribution in [0, 0.1) is 0 Å². The Morgan fingerprint density at radius 2 is 1.22 bits per heavy atom. The van der Waals surface area contributed by atoms with E-state index in [-0.39, 0.29) is 23.1 Å². The molecule has 0 saturated heterocycles. The van der Waals surface area contributed by atoms with Gasteiger partial charge in [0.2, 0.25) is 0 Å². The highest BCUT2D eigenvalue weighted by Crippen LogP contribution is 2.59. The number of hydrogen-bond donors (Lipinski definition) is 0. The predicted molar refractivity (Wildman–Crippen MR) is 275 cm³/mol. The van der Waals surface area contributed by atoms with E-state index < -0.39 is 0 Å². The van der Waals surface area contributed by atoms with Crippen LogP contribution in [0.15, 0.2) is 158 Å². The van der Waals surface area contributed by atoms with Crippen LogP contribution >= 0.6 is 0 Å². The zero-order valence-electron chi connectivity index (χ0n) is 38.5. The van der Waals surface area contributed by atoms with Gasteiger partial charge in [0.1, 0.15) is 0 Å². The number of unbranched alkanes of at least 4 members (excludes halogenated alkanes) is 1. The SMILES string of the molecule is CCCCc1ccc(N2c3cc4ccccc4c4c3B(c3ccc5c(c32)-c2ccccc2C5(C)C)N(c2ccccc2)c2cc3c(cc2-4)C(C)(C)CCC3(C)C)c(-c2ccccc2)c1. The van der Waals surface area contributed by atoms with Gasteiger partial charge in [-0.05, 0) is 145 Å². The van der Waals surface area contributed by atoms with Gasteiger partial charge in [0.05, 0.1) is 11.4 Å². The van der Waals surface area contributed by atoms with Gasteiger partial charge in [0, 0.05) is 39.2 Å². The van der Waals surface area contributed by atoms with Crippen molar-refractivity contribution in [2.45, 2.75) is 96.8 Å². The van der Waals surface area contributed by atoms with Crippen LogP contribution in [0.4, 0.5) is 28.4 Å². The van der Waals surface area contributed by atoms with E-state index in [2.05, 4.69) is 216 Å². The van der Waals surface area contributed by atoms with Crippen LogP contribution in [0.5, 0.6) is 0 Å². The zero-order valence-corrected chi connectivity index (χ0v) is 38.5. The number of nitrogens with zero attached hydrogens (tertiary/aromatic N) is 2. The zero-order chi connectivity index (χ0) is 43.7. The molecule has 2 heterocycles. The lowest BCUT2D eigenvalue weighted by atomic mass is 9.42. The number of rotatable bonds is 6. The number of benzene rings is 8. The normalized spacial score (nSPS) is 16.7. The summed E-state index contributed by atoms with van der Waals surface area (Å²) in [5.74, 6) is 0. The lowest BCUT2D eigenvalue weighted by Crippen LogP contribution is -2.62. The summed E-state index contributed by atoms with van der Waals surface area (Å²) in [6, 6.07) is 61.1. The highest BCUT2D eigenvalue weighted by atomic mass is 15.2. The summed E-state index contributed by atoms with van der Waals surface area (Å²) in [7, 11) is 0. The van der Waals surface area contributed by atoms with Crippen molar-refractivity contribution in [1.82, 2.24) is 0 Å². The average Bonchev–Trinajstić information content (AvgIpc) is 3.55. The average molecular weight is 829 g/mol. The molecule has 4 aliphatic rings. The van der Waals surface area contributed by atoms with Gasteiger partial charge in [-0.25, -0.2) is 0 Å². The molecule has 0 radical (unpaired) electrons. The summed E-state index contributed by atoms with van der Waals surface area (Å²) in [5, 5.41) is 2.59. The molecule has 0 unspecified atom stereocenters. The van der Waals surface area contributed by atoms with Crippen molar-refractivity contribution < 1.29 is 0 Å². The molecule has 0 N–H and O–H groups in total. The van der Waals surface area contributed by atoms with Gasteiger partial charge < -0.3 is 9.71 Å². The fraction of sp³-hybridized carbons (Fsp3) is 0.246. The molecule has 0 aromatic heterocycles. The molecule has 0 saturated carbocycles. The van der Waals surface area contributed by atoms with Gasteiger partial charge >= 0.3 is 6.85 Å². The Balaban J connectivity index is 1.27. The smallest absolute Gasteiger partial charge is 0.333 e. The van der Waals surface area contributed by atoms with E-state index in [1.165, 1.54) is 137 Å². The monoisotopic (exact) mass is 828 g/mol. The number of anilines is 5. The molecule has 0 atom stereocenters. The number of para-hydroxylation sites is 1. The lowest BCUT2D eigenvalue weighted by Gasteiger charge is -2.49. The van der Waals surface area contributed by atoms with Crippen molar-refractivity contribution in [1.29, 1.82) is 0 Å². The summed E-state index contributed by atoms with van der Waals surface area (Å²) in [5.41, 5.74) is 24.1. The second-order valence-corrected chi connectivity index (χ2v) is 20.9. The molecule has 8 aromatic carbocycles. The van der Waals surface area contributed by atoms with E-state index in [0.717, 1.165) is 6.42 Å². The van der Waals surface area contributed by atoms with Gasteiger partial charge in [-0.15, -0.1) is 0 Å².